The molecule has 3 rings (SSSR count). The zero-order valence-corrected chi connectivity index (χ0v) is 17.7. The Morgan fingerprint density at radius 3 is 1.89 bits per heavy atom. The maximum atomic E-state index is 13.4. The molecule has 1 aliphatic rings. The zero-order chi connectivity index (χ0) is 20.9. The lowest BCUT2D eigenvalue weighted by Crippen LogP contribution is -2.56. The van der Waals surface area contributed by atoms with Gasteiger partial charge in [-0.3, -0.25) is 4.79 Å². The van der Waals surface area contributed by atoms with Crippen LogP contribution >= 0.6 is 0 Å². The van der Waals surface area contributed by atoms with E-state index in [0.717, 1.165) is 16.7 Å². The minimum atomic E-state index is -0.562. The maximum absolute atomic E-state index is 13.4. The molecule has 2 atom stereocenters. The Labute approximate surface area is 167 Å². The number of amides is 1. The number of aliphatic hydroxyl groups excluding tert-OH is 1. The van der Waals surface area contributed by atoms with E-state index in [2.05, 4.69) is 0 Å². The number of benzene rings is 2. The van der Waals surface area contributed by atoms with Crippen molar-refractivity contribution in [2.45, 2.75) is 64.5 Å². The fraction of sp³-hybridized carbons (Fsp3) is 0.458. The second-order valence-electron chi connectivity index (χ2n) is 9.80. The Morgan fingerprint density at radius 2 is 1.46 bits per heavy atom. The summed E-state index contributed by atoms with van der Waals surface area (Å²) in [6.45, 7) is 12.5. The van der Waals surface area contributed by atoms with Gasteiger partial charge in [-0.25, -0.2) is 0 Å². The molecule has 2 unspecified atom stereocenters. The summed E-state index contributed by atoms with van der Waals surface area (Å²) in [7, 11) is 0. The topological polar surface area (TPSA) is 60.8 Å². The normalized spacial score (nSPS) is 20.0. The SMILES string of the molecule is CC(C)(C)c1cc(C(=O)N2CC(O)C2c2ccccc2)cc(C(C)(C)C)c1O. The van der Waals surface area contributed by atoms with Gasteiger partial charge in [0.25, 0.3) is 5.91 Å². The Balaban J connectivity index is 2.04. The van der Waals surface area contributed by atoms with Crippen molar-refractivity contribution in [2.75, 3.05) is 6.54 Å². The highest BCUT2D eigenvalue weighted by Gasteiger charge is 2.42. The third kappa shape index (κ3) is 3.66. The van der Waals surface area contributed by atoms with E-state index in [9.17, 15) is 15.0 Å². The minimum Gasteiger partial charge on any atom is -0.507 e. The van der Waals surface area contributed by atoms with E-state index in [0.29, 0.717) is 12.1 Å². The molecule has 0 aliphatic carbocycles. The molecule has 2 aromatic carbocycles. The van der Waals surface area contributed by atoms with Crippen LogP contribution in [0.3, 0.4) is 0 Å². The summed E-state index contributed by atoms with van der Waals surface area (Å²) in [5, 5.41) is 21.2. The summed E-state index contributed by atoms with van der Waals surface area (Å²) in [5.41, 5.74) is 2.42. The van der Waals surface area contributed by atoms with Crippen molar-refractivity contribution in [3.8, 4) is 5.75 Å². The molecule has 4 heteroatoms. The van der Waals surface area contributed by atoms with E-state index in [1.807, 2.05) is 71.9 Å². The number of β-amino-alcohol motifs (C(OH)–C–C–N with tert-alkyl or cyclic N) is 1. The van der Waals surface area contributed by atoms with Crippen LogP contribution in [0.1, 0.15) is 74.6 Å². The van der Waals surface area contributed by atoms with E-state index in [4.69, 9.17) is 0 Å². The summed E-state index contributed by atoms with van der Waals surface area (Å²) in [6.07, 6.45) is -0.562. The number of hydrogen-bond acceptors (Lipinski definition) is 3. The van der Waals surface area contributed by atoms with Gasteiger partial charge in [0, 0.05) is 16.7 Å². The monoisotopic (exact) mass is 381 g/mol. The van der Waals surface area contributed by atoms with Crippen LogP contribution in [0, 0.1) is 0 Å². The number of likely N-dealkylation sites (tertiary alicyclic amines) is 1. The molecular formula is C24H31NO3. The first-order chi connectivity index (χ1) is 12.9. The first-order valence-electron chi connectivity index (χ1n) is 9.83. The number of aromatic hydroxyl groups is 1. The molecular weight excluding hydrogens is 350 g/mol. The molecule has 0 saturated carbocycles. The van der Waals surface area contributed by atoms with E-state index in [1.54, 1.807) is 17.0 Å². The number of carbonyl (C=O) groups excluding carboxylic acids is 1. The Morgan fingerprint density at radius 1 is 0.964 bits per heavy atom. The lowest BCUT2D eigenvalue weighted by atomic mass is 9.78. The molecule has 2 aromatic rings. The van der Waals surface area contributed by atoms with E-state index < -0.39 is 6.10 Å². The molecule has 1 aliphatic heterocycles. The molecule has 0 aromatic heterocycles. The number of phenolic OH excluding ortho intramolecular Hbond substituents is 1. The van der Waals surface area contributed by atoms with Crippen molar-refractivity contribution in [3.63, 3.8) is 0 Å². The lowest BCUT2D eigenvalue weighted by Gasteiger charge is -2.46. The highest BCUT2D eigenvalue weighted by atomic mass is 16.3. The second-order valence-corrected chi connectivity index (χ2v) is 9.80. The minimum absolute atomic E-state index is 0.116. The molecule has 1 saturated heterocycles. The van der Waals surface area contributed by atoms with Gasteiger partial charge in [0.15, 0.2) is 0 Å². The summed E-state index contributed by atoms with van der Waals surface area (Å²) in [5.74, 6) is 0.148. The molecule has 0 spiro atoms. The number of rotatable bonds is 2. The van der Waals surface area contributed by atoms with Crippen LogP contribution < -0.4 is 0 Å². The third-order valence-corrected chi connectivity index (χ3v) is 5.46. The van der Waals surface area contributed by atoms with E-state index in [-0.39, 0.29) is 28.5 Å². The molecule has 28 heavy (non-hydrogen) atoms. The highest BCUT2D eigenvalue weighted by Crippen LogP contribution is 2.41. The van der Waals surface area contributed by atoms with Crippen LogP contribution in [-0.4, -0.2) is 33.7 Å². The fourth-order valence-corrected chi connectivity index (χ4v) is 3.81. The van der Waals surface area contributed by atoms with E-state index in [1.165, 1.54) is 0 Å². The molecule has 2 N–H and O–H groups in total. The average Bonchev–Trinajstić information content (AvgIpc) is 2.58. The fourth-order valence-electron chi connectivity index (χ4n) is 3.81. The van der Waals surface area contributed by atoms with Crippen molar-refractivity contribution in [1.29, 1.82) is 0 Å². The van der Waals surface area contributed by atoms with Crippen LogP contribution in [0.25, 0.3) is 0 Å². The standard InChI is InChI=1S/C24H31NO3/c1-23(2,3)17-12-16(13-18(21(17)27)24(4,5)6)22(28)25-14-19(26)20(25)15-10-8-7-9-11-15/h7-13,19-20,26-27H,14H2,1-6H3. The molecule has 1 heterocycles. The Bertz CT molecular complexity index is 840. The first kappa shape index (κ1) is 20.4. The van der Waals surface area contributed by atoms with Gasteiger partial charge in [-0.1, -0.05) is 71.9 Å². The van der Waals surface area contributed by atoms with Gasteiger partial charge >= 0.3 is 0 Å². The number of carbonyl (C=O) groups is 1. The van der Waals surface area contributed by atoms with Crippen molar-refractivity contribution in [2.24, 2.45) is 0 Å². The molecule has 0 radical (unpaired) electrons. The van der Waals surface area contributed by atoms with Crippen molar-refractivity contribution >= 4 is 5.91 Å². The summed E-state index contributed by atoms with van der Waals surface area (Å²) < 4.78 is 0. The van der Waals surface area contributed by atoms with Gasteiger partial charge in [0.1, 0.15) is 5.75 Å². The van der Waals surface area contributed by atoms with Crippen LogP contribution in [0.5, 0.6) is 5.75 Å². The summed E-state index contributed by atoms with van der Waals surface area (Å²) >= 11 is 0. The van der Waals surface area contributed by atoms with Gasteiger partial charge in [-0.15, -0.1) is 0 Å². The Kier molecular flexibility index (Phi) is 5.05. The summed E-state index contributed by atoms with van der Waals surface area (Å²) in [6, 6.07) is 12.9. The van der Waals surface area contributed by atoms with Gasteiger partial charge in [-0.2, -0.15) is 0 Å². The maximum Gasteiger partial charge on any atom is 0.254 e. The molecule has 0 bridgehead atoms. The molecule has 1 fully saturated rings. The quantitative estimate of drug-likeness (QED) is 0.802. The van der Waals surface area contributed by atoms with Gasteiger partial charge < -0.3 is 15.1 Å². The predicted octanol–water partition coefficient (Wildman–Crippen LogP) is 4.55. The molecule has 1 amide bonds. The van der Waals surface area contributed by atoms with Gasteiger partial charge in [0.05, 0.1) is 18.7 Å². The third-order valence-electron chi connectivity index (χ3n) is 5.46. The molecule has 4 nitrogen and oxygen atoms in total. The highest BCUT2D eigenvalue weighted by molar-refractivity contribution is 5.96. The lowest BCUT2D eigenvalue weighted by molar-refractivity contribution is -0.0453. The largest absolute Gasteiger partial charge is 0.507 e. The number of aliphatic hydroxyl groups is 1. The average molecular weight is 382 g/mol. The van der Waals surface area contributed by atoms with Gasteiger partial charge in [-0.05, 0) is 28.5 Å². The number of nitrogens with zero attached hydrogens (tertiary/aromatic N) is 1. The van der Waals surface area contributed by atoms with Crippen molar-refractivity contribution in [3.05, 3.63) is 64.7 Å². The Hall–Kier alpha value is -2.33. The van der Waals surface area contributed by atoms with E-state index >= 15 is 0 Å². The van der Waals surface area contributed by atoms with Crippen LogP contribution in [0.4, 0.5) is 0 Å². The smallest absolute Gasteiger partial charge is 0.254 e. The van der Waals surface area contributed by atoms with Crippen molar-refractivity contribution in [1.82, 2.24) is 4.90 Å². The predicted molar refractivity (Wildman–Crippen MR) is 112 cm³/mol. The number of phenols is 1. The zero-order valence-electron chi connectivity index (χ0n) is 17.7. The molecule has 150 valence electrons. The number of hydrogen-bond donors (Lipinski definition) is 2. The first-order valence-corrected chi connectivity index (χ1v) is 9.83. The van der Waals surface area contributed by atoms with Crippen LogP contribution in [0.15, 0.2) is 42.5 Å². The van der Waals surface area contributed by atoms with Gasteiger partial charge in [0.2, 0.25) is 0 Å². The second kappa shape index (κ2) is 6.93. The van der Waals surface area contributed by atoms with Crippen molar-refractivity contribution < 1.29 is 15.0 Å². The van der Waals surface area contributed by atoms with Crippen LogP contribution in [-0.2, 0) is 10.8 Å². The summed E-state index contributed by atoms with van der Waals surface area (Å²) in [4.78, 5) is 15.1. The van der Waals surface area contributed by atoms with Crippen LogP contribution in [0.2, 0.25) is 0 Å².